The molecule has 3 heterocycles. The molecule has 0 amide bonds. The fourth-order valence-electron chi connectivity index (χ4n) is 1.54. The predicted molar refractivity (Wildman–Crippen MR) is 72.3 cm³/mol. The summed E-state index contributed by atoms with van der Waals surface area (Å²) in [5.74, 6) is 0. The quantitative estimate of drug-likeness (QED) is 0.688. The van der Waals surface area contributed by atoms with Crippen LogP contribution in [0.15, 0.2) is 56.2 Å². The van der Waals surface area contributed by atoms with Crippen molar-refractivity contribution >= 4 is 17.3 Å². The first kappa shape index (κ1) is 11.4. The van der Waals surface area contributed by atoms with E-state index in [1.165, 1.54) is 0 Å². The minimum absolute atomic E-state index is 0.439. The van der Waals surface area contributed by atoms with Crippen molar-refractivity contribution in [2.45, 2.75) is 0 Å². The van der Waals surface area contributed by atoms with Crippen molar-refractivity contribution in [1.82, 2.24) is 29.0 Å². The number of nitrogens with one attached hydrogen (secondary N) is 1. The van der Waals surface area contributed by atoms with E-state index in [0.29, 0.717) is 5.11 Å². The van der Waals surface area contributed by atoms with Gasteiger partial charge in [0.1, 0.15) is 19.0 Å². The van der Waals surface area contributed by atoms with Crippen molar-refractivity contribution in [2.24, 2.45) is 0 Å². The molecule has 0 fully saturated rings. The van der Waals surface area contributed by atoms with Crippen LogP contribution in [0.25, 0.3) is 0 Å². The van der Waals surface area contributed by atoms with Gasteiger partial charge in [-0.2, -0.15) is 5.12 Å². The zero-order valence-corrected chi connectivity index (χ0v) is 10.6. The molecule has 9 heteroatoms. The fourth-order valence-corrected chi connectivity index (χ4v) is 1.83. The molecular weight excluding hydrogens is 264 g/mol. The average molecular weight is 274 g/mol. The molecule has 3 rings (SSSR count). The molecule has 0 atom stereocenters. The minimum atomic E-state index is 0.439. The summed E-state index contributed by atoms with van der Waals surface area (Å²) < 4.78 is 5.12. The number of thiocarbonyl (C=S) groups is 1. The van der Waals surface area contributed by atoms with E-state index in [-0.39, 0.29) is 0 Å². The molecule has 0 aliphatic carbocycles. The second-order valence-corrected chi connectivity index (χ2v) is 3.95. The fraction of sp³-hybridized carbons (Fsp3) is 0. The molecule has 96 valence electrons. The van der Waals surface area contributed by atoms with Gasteiger partial charge in [-0.25, -0.2) is 29.0 Å². The number of rotatable bonds is 3. The molecule has 0 saturated carbocycles. The van der Waals surface area contributed by atoms with Gasteiger partial charge in [0.15, 0.2) is 0 Å². The number of hydrogen-bond acceptors (Lipinski definition) is 4. The smallest absolute Gasteiger partial charge is 0.229 e. The van der Waals surface area contributed by atoms with Crippen LogP contribution in [0.3, 0.4) is 0 Å². The molecular formula is C10H10N8S. The van der Waals surface area contributed by atoms with E-state index >= 15 is 0 Å². The van der Waals surface area contributed by atoms with Crippen molar-refractivity contribution in [2.75, 3.05) is 10.5 Å². The Labute approximate surface area is 113 Å². The summed E-state index contributed by atoms with van der Waals surface area (Å²) in [7, 11) is 0. The summed E-state index contributed by atoms with van der Waals surface area (Å²) in [6.45, 7) is 0. The Hall–Kier alpha value is -2.68. The van der Waals surface area contributed by atoms with Gasteiger partial charge < -0.3 is 0 Å². The molecule has 0 aliphatic rings. The average Bonchev–Trinajstić information content (AvgIpc) is 3.11. The van der Waals surface area contributed by atoms with Crippen LogP contribution < -0.4 is 10.5 Å². The number of aromatic nitrogens is 6. The molecule has 8 nitrogen and oxygen atoms in total. The van der Waals surface area contributed by atoms with Gasteiger partial charge in [-0.1, -0.05) is 0 Å². The molecule has 0 bridgehead atoms. The van der Waals surface area contributed by atoms with E-state index < -0.39 is 0 Å². The Kier molecular flexibility index (Phi) is 2.94. The Morgan fingerprint density at radius 1 is 0.895 bits per heavy atom. The van der Waals surface area contributed by atoms with Crippen LogP contribution >= 0.6 is 12.2 Å². The van der Waals surface area contributed by atoms with Crippen molar-refractivity contribution in [1.29, 1.82) is 0 Å². The second-order valence-electron chi connectivity index (χ2n) is 3.56. The van der Waals surface area contributed by atoms with Gasteiger partial charge in [-0.05, 0) is 12.2 Å². The largest absolute Gasteiger partial charge is 0.266 e. The predicted octanol–water partition coefficient (Wildman–Crippen LogP) is 0.206. The van der Waals surface area contributed by atoms with Crippen LogP contribution in [0.5, 0.6) is 0 Å². The van der Waals surface area contributed by atoms with Crippen LogP contribution in [0, 0.1) is 0 Å². The third-order valence-corrected chi connectivity index (χ3v) is 2.58. The molecule has 0 radical (unpaired) electrons. The normalized spacial score (nSPS) is 10.3. The van der Waals surface area contributed by atoms with Gasteiger partial charge in [0.2, 0.25) is 5.11 Å². The first-order valence-electron chi connectivity index (χ1n) is 5.40. The van der Waals surface area contributed by atoms with Crippen molar-refractivity contribution < 1.29 is 0 Å². The zero-order valence-electron chi connectivity index (χ0n) is 9.73. The Morgan fingerprint density at radius 3 is 1.95 bits per heavy atom. The molecule has 19 heavy (non-hydrogen) atoms. The van der Waals surface area contributed by atoms with Crippen molar-refractivity contribution in [3.63, 3.8) is 0 Å². The van der Waals surface area contributed by atoms with Crippen molar-refractivity contribution in [3.05, 3.63) is 56.2 Å². The minimum Gasteiger partial charge on any atom is -0.266 e. The first-order chi connectivity index (χ1) is 9.34. The molecule has 0 aromatic carbocycles. The van der Waals surface area contributed by atoms with Gasteiger partial charge in [-0.3, -0.25) is 5.43 Å². The zero-order chi connectivity index (χ0) is 13.1. The van der Waals surface area contributed by atoms with Gasteiger partial charge >= 0.3 is 0 Å². The van der Waals surface area contributed by atoms with Crippen LogP contribution in [0.2, 0.25) is 0 Å². The summed E-state index contributed by atoms with van der Waals surface area (Å²) in [4.78, 5) is 12.0. The molecule has 0 spiro atoms. The van der Waals surface area contributed by atoms with Crippen LogP contribution in [0.4, 0.5) is 0 Å². The van der Waals surface area contributed by atoms with Crippen LogP contribution in [-0.4, -0.2) is 34.1 Å². The first-order valence-corrected chi connectivity index (χ1v) is 5.81. The highest BCUT2D eigenvalue weighted by molar-refractivity contribution is 7.80. The van der Waals surface area contributed by atoms with Gasteiger partial charge in [0.25, 0.3) is 0 Å². The number of hydrogen-bond donors (Lipinski definition) is 1. The standard InChI is InChI=1S/C10H10N8S/c19-10(14-15-4-1-11-7-15)18(16-5-2-12-8-16)17-6-3-13-9-17/h1-9H,(H,14,19). The summed E-state index contributed by atoms with van der Waals surface area (Å²) in [6.07, 6.45) is 15.2. The molecule has 1 N–H and O–H groups in total. The maximum Gasteiger partial charge on any atom is 0.229 e. The van der Waals surface area contributed by atoms with Crippen LogP contribution in [0.1, 0.15) is 0 Å². The lowest BCUT2D eigenvalue weighted by atomic mass is 10.9. The maximum atomic E-state index is 5.39. The summed E-state index contributed by atoms with van der Waals surface area (Å²) in [5, 5.41) is 2.13. The summed E-state index contributed by atoms with van der Waals surface area (Å²) in [6, 6.07) is 0. The van der Waals surface area contributed by atoms with E-state index in [2.05, 4.69) is 20.4 Å². The van der Waals surface area contributed by atoms with Crippen molar-refractivity contribution in [3.8, 4) is 0 Å². The third-order valence-electron chi connectivity index (χ3n) is 2.33. The third kappa shape index (κ3) is 2.31. The van der Waals surface area contributed by atoms with E-state index in [4.69, 9.17) is 12.2 Å². The maximum absolute atomic E-state index is 5.39. The van der Waals surface area contributed by atoms with E-state index in [0.717, 1.165) is 0 Å². The number of nitrogens with zero attached hydrogens (tertiary/aromatic N) is 7. The van der Waals surface area contributed by atoms with Crippen LogP contribution in [-0.2, 0) is 0 Å². The van der Waals surface area contributed by atoms with Gasteiger partial charge in [-0.15, -0.1) is 0 Å². The highest BCUT2D eigenvalue weighted by atomic mass is 32.1. The molecule has 3 aromatic heterocycles. The monoisotopic (exact) mass is 274 g/mol. The highest BCUT2D eigenvalue weighted by Crippen LogP contribution is 1.98. The Balaban J connectivity index is 1.89. The Morgan fingerprint density at radius 2 is 1.47 bits per heavy atom. The van der Waals surface area contributed by atoms with Gasteiger partial charge in [0.05, 0.1) is 0 Å². The molecule has 0 unspecified atom stereocenters. The number of imidazole rings is 3. The lowest BCUT2D eigenvalue weighted by Crippen LogP contribution is -2.47. The summed E-state index contributed by atoms with van der Waals surface area (Å²) >= 11 is 5.39. The topological polar surface area (TPSA) is 68.7 Å². The summed E-state index contributed by atoms with van der Waals surface area (Å²) in [5.41, 5.74) is 3.01. The second kappa shape index (κ2) is 4.90. The lowest BCUT2D eigenvalue weighted by molar-refractivity contribution is 0.623. The SMILES string of the molecule is S=C(Nn1ccnc1)N(n1ccnc1)n1ccnc1. The molecule has 0 aliphatic heterocycles. The van der Waals surface area contributed by atoms with E-state index in [9.17, 15) is 0 Å². The molecule has 0 saturated heterocycles. The van der Waals surface area contributed by atoms with Gasteiger partial charge in [0, 0.05) is 37.2 Å². The Bertz CT molecular complexity index is 593. The molecule has 3 aromatic rings. The van der Waals surface area contributed by atoms with E-state index in [1.54, 1.807) is 75.3 Å². The lowest BCUT2D eigenvalue weighted by Gasteiger charge is -2.26. The highest BCUT2D eigenvalue weighted by Gasteiger charge is 2.13. The van der Waals surface area contributed by atoms with E-state index in [1.807, 2.05) is 0 Å².